The molecule has 0 spiro atoms. The second-order valence-electron chi connectivity index (χ2n) is 9.54. The lowest BCUT2D eigenvalue weighted by molar-refractivity contribution is -0.131. The van der Waals surface area contributed by atoms with Crippen molar-refractivity contribution in [1.29, 1.82) is 0 Å². The van der Waals surface area contributed by atoms with E-state index in [-0.39, 0.29) is 18.1 Å². The summed E-state index contributed by atoms with van der Waals surface area (Å²) in [6.07, 6.45) is 6.20. The Kier molecular flexibility index (Phi) is 6.05. The number of hydrogen-bond donors (Lipinski definition) is 0. The van der Waals surface area contributed by atoms with Gasteiger partial charge in [0.05, 0.1) is 6.42 Å². The molecule has 35 heavy (non-hydrogen) atoms. The fourth-order valence-electron chi connectivity index (χ4n) is 5.42. The molecule has 2 aromatic carbocycles. The lowest BCUT2D eigenvalue weighted by Crippen LogP contribution is -2.40. The molecule has 6 rings (SSSR count). The van der Waals surface area contributed by atoms with Crippen LogP contribution in [-0.2, 0) is 16.0 Å². The summed E-state index contributed by atoms with van der Waals surface area (Å²) in [5.74, 6) is 1.20. The number of ether oxygens (including phenoxy) is 1. The van der Waals surface area contributed by atoms with Gasteiger partial charge >= 0.3 is 0 Å². The summed E-state index contributed by atoms with van der Waals surface area (Å²) < 4.78 is 8.29. The molecule has 4 heterocycles. The normalized spacial score (nSPS) is 18.9. The number of fused-ring (bicyclic) bond motifs is 1. The van der Waals surface area contributed by atoms with Crippen LogP contribution in [0.1, 0.15) is 49.2 Å². The highest BCUT2D eigenvalue weighted by atomic mass is 16.5. The standard InChI is InChI=1S/C29H30N4O2/c34-27(20-21-10-12-23(13-11-21)22-6-2-1-3-7-22)32-17-14-24(15-18-32)33-28-25(8-4-16-30-28)31-29(33)26-9-5-19-35-26/h1-4,6-8,10-13,16,24,26H,5,9,14-15,17-20H2. The van der Waals surface area contributed by atoms with Gasteiger partial charge in [-0.25, -0.2) is 9.97 Å². The first kappa shape index (κ1) is 22.0. The molecule has 6 heteroatoms. The molecule has 1 amide bonds. The molecule has 2 aromatic heterocycles. The fourth-order valence-corrected chi connectivity index (χ4v) is 5.42. The highest BCUT2D eigenvalue weighted by Gasteiger charge is 2.31. The first-order valence-electron chi connectivity index (χ1n) is 12.6. The number of pyridine rings is 1. The SMILES string of the molecule is O=C(Cc1ccc(-c2ccccc2)cc1)N1CCC(n2c(C3CCCO3)nc3cccnc32)CC1. The lowest BCUT2D eigenvalue weighted by atomic mass is 10.0. The topological polar surface area (TPSA) is 60.2 Å². The Bertz CT molecular complexity index is 1300. The number of amides is 1. The molecule has 2 aliphatic rings. The van der Waals surface area contributed by atoms with E-state index in [1.165, 1.54) is 11.1 Å². The van der Waals surface area contributed by atoms with Crippen LogP contribution in [0.4, 0.5) is 0 Å². The molecule has 6 nitrogen and oxygen atoms in total. The summed E-state index contributed by atoms with van der Waals surface area (Å²) in [6, 6.07) is 22.9. The van der Waals surface area contributed by atoms with E-state index in [0.717, 1.165) is 67.9 Å². The molecule has 0 saturated carbocycles. The Morgan fingerprint density at radius 2 is 1.69 bits per heavy atom. The van der Waals surface area contributed by atoms with Crippen LogP contribution in [0.3, 0.4) is 0 Å². The number of nitrogens with zero attached hydrogens (tertiary/aromatic N) is 4. The molecule has 0 bridgehead atoms. The summed E-state index contributed by atoms with van der Waals surface area (Å²) >= 11 is 0. The first-order chi connectivity index (χ1) is 17.3. The van der Waals surface area contributed by atoms with E-state index in [4.69, 9.17) is 9.72 Å². The number of carbonyl (C=O) groups is 1. The Morgan fingerprint density at radius 3 is 2.43 bits per heavy atom. The maximum atomic E-state index is 13.1. The third-order valence-electron chi connectivity index (χ3n) is 7.29. The Morgan fingerprint density at radius 1 is 0.914 bits per heavy atom. The smallest absolute Gasteiger partial charge is 0.226 e. The van der Waals surface area contributed by atoms with Crippen LogP contribution < -0.4 is 0 Å². The average Bonchev–Trinajstić information content (AvgIpc) is 3.58. The molecule has 4 aromatic rings. The zero-order valence-corrected chi connectivity index (χ0v) is 19.8. The van der Waals surface area contributed by atoms with Crippen LogP contribution in [0.5, 0.6) is 0 Å². The van der Waals surface area contributed by atoms with Crippen LogP contribution in [0.2, 0.25) is 0 Å². The van der Waals surface area contributed by atoms with Crippen molar-refractivity contribution in [1.82, 2.24) is 19.4 Å². The lowest BCUT2D eigenvalue weighted by Gasteiger charge is -2.34. The van der Waals surface area contributed by atoms with Gasteiger partial charge in [0.15, 0.2) is 5.65 Å². The van der Waals surface area contributed by atoms with Crippen LogP contribution in [0, 0.1) is 0 Å². The third kappa shape index (κ3) is 4.46. The molecule has 2 fully saturated rings. The molecule has 1 atom stereocenters. The van der Waals surface area contributed by atoms with Gasteiger partial charge in [0.1, 0.15) is 17.4 Å². The van der Waals surface area contributed by atoms with E-state index in [1.54, 1.807) is 0 Å². The van der Waals surface area contributed by atoms with E-state index >= 15 is 0 Å². The maximum absolute atomic E-state index is 13.1. The molecular weight excluding hydrogens is 436 g/mol. The number of likely N-dealkylation sites (tertiary alicyclic amines) is 1. The van der Waals surface area contributed by atoms with Gasteiger partial charge in [0, 0.05) is 31.9 Å². The van der Waals surface area contributed by atoms with Crippen molar-refractivity contribution in [2.45, 2.75) is 44.2 Å². The van der Waals surface area contributed by atoms with Gasteiger partial charge < -0.3 is 14.2 Å². The van der Waals surface area contributed by atoms with Crippen LogP contribution in [-0.4, -0.2) is 45.0 Å². The van der Waals surface area contributed by atoms with Gasteiger partial charge in [-0.1, -0.05) is 54.6 Å². The number of aromatic nitrogens is 3. The van der Waals surface area contributed by atoms with Crippen molar-refractivity contribution in [2.75, 3.05) is 19.7 Å². The molecule has 0 radical (unpaired) electrons. The number of imidazole rings is 1. The van der Waals surface area contributed by atoms with Crippen LogP contribution in [0.25, 0.3) is 22.3 Å². The number of rotatable bonds is 5. The molecular formula is C29H30N4O2. The second kappa shape index (κ2) is 9.62. The minimum Gasteiger partial charge on any atom is -0.370 e. The summed E-state index contributed by atoms with van der Waals surface area (Å²) in [5, 5.41) is 0. The number of carbonyl (C=O) groups excluding carboxylic acids is 1. The van der Waals surface area contributed by atoms with Gasteiger partial charge in [-0.3, -0.25) is 4.79 Å². The molecule has 0 aliphatic carbocycles. The van der Waals surface area contributed by atoms with Crippen molar-refractivity contribution < 1.29 is 9.53 Å². The molecule has 2 aliphatic heterocycles. The van der Waals surface area contributed by atoms with Crippen molar-refractivity contribution in [2.24, 2.45) is 0 Å². The number of hydrogen-bond acceptors (Lipinski definition) is 4. The quantitative estimate of drug-likeness (QED) is 0.398. The van der Waals surface area contributed by atoms with Crippen molar-refractivity contribution >= 4 is 17.1 Å². The van der Waals surface area contributed by atoms with Gasteiger partial charge in [0.25, 0.3) is 0 Å². The van der Waals surface area contributed by atoms with E-state index in [9.17, 15) is 4.79 Å². The van der Waals surface area contributed by atoms with Crippen molar-refractivity contribution in [3.63, 3.8) is 0 Å². The maximum Gasteiger partial charge on any atom is 0.226 e. The third-order valence-corrected chi connectivity index (χ3v) is 7.29. The number of benzene rings is 2. The Labute approximate surface area is 205 Å². The molecule has 178 valence electrons. The zero-order valence-electron chi connectivity index (χ0n) is 19.8. The molecule has 2 saturated heterocycles. The predicted octanol–water partition coefficient (Wildman–Crippen LogP) is 5.36. The van der Waals surface area contributed by atoms with Gasteiger partial charge in [-0.15, -0.1) is 0 Å². The summed E-state index contributed by atoms with van der Waals surface area (Å²) in [6.45, 7) is 2.30. The predicted molar refractivity (Wildman–Crippen MR) is 136 cm³/mol. The summed E-state index contributed by atoms with van der Waals surface area (Å²) in [7, 11) is 0. The molecule has 0 N–H and O–H groups in total. The minimum atomic E-state index is 0.0442. The Hall–Kier alpha value is -3.51. The minimum absolute atomic E-state index is 0.0442. The van der Waals surface area contributed by atoms with E-state index in [2.05, 4.69) is 45.9 Å². The fraction of sp³-hybridized carbons (Fsp3) is 0.345. The highest BCUT2D eigenvalue weighted by molar-refractivity contribution is 5.79. The average molecular weight is 467 g/mol. The van der Waals surface area contributed by atoms with Crippen molar-refractivity contribution in [3.8, 4) is 11.1 Å². The van der Waals surface area contributed by atoms with Crippen molar-refractivity contribution in [3.05, 3.63) is 84.3 Å². The largest absolute Gasteiger partial charge is 0.370 e. The van der Waals surface area contributed by atoms with Gasteiger partial charge in [0.2, 0.25) is 5.91 Å². The first-order valence-corrected chi connectivity index (χ1v) is 12.6. The second-order valence-corrected chi connectivity index (χ2v) is 9.54. The van der Waals surface area contributed by atoms with Crippen LogP contribution in [0.15, 0.2) is 72.9 Å². The van der Waals surface area contributed by atoms with E-state index < -0.39 is 0 Å². The number of piperidine rings is 1. The Balaban J connectivity index is 1.13. The van der Waals surface area contributed by atoms with Gasteiger partial charge in [-0.2, -0.15) is 0 Å². The van der Waals surface area contributed by atoms with E-state index in [0.29, 0.717) is 6.42 Å². The summed E-state index contributed by atoms with van der Waals surface area (Å²) in [4.78, 5) is 24.6. The summed E-state index contributed by atoms with van der Waals surface area (Å²) in [5.41, 5.74) is 5.28. The zero-order chi connectivity index (χ0) is 23.6. The van der Waals surface area contributed by atoms with Gasteiger partial charge in [-0.05, 0) is 54.5 Å². The van der Waals surface area contributed by atoms with E-state index in [1.807, 2.05) is 41.4 Å². The highest BCUT2D eigenvalue weighted by Crippen LogP contribution is 2.35. The monoisotopic (exact) mass is 466 g/mol. The van der Waals surface area contributed by atoms with Crippen LogP contribution >= 0.6 is 0 Å². The molecule has 1 unspecified atom stereocenters.